The van der Waals surface area contributed by atoms with Gasteiger partial charge in [-0.05, 0) is 29.4 Å². The first-order valence-corrected chi connectivity index (χ1v) is 5.55. The summed E-state index contributed by atoms with van der Waals surface area (Å²) in [4.78, 5) is 26.5. The van der Waals surface area contributed by atoms with Crippen LogP contribution in [-0.4, -0.2) is 29.7 Å². The summed E-state index contributed by atoms with van der Waals surface area (Å²) in [6.45, 7) is 3.68. The molecule has 0 aromatic heterocycles. The van der Waals surface area contributed by atoms with E-state index in [2.05, 4.69) is 23.8 Å². The molecule has 0 aliphatic heterocycles. The minimum Gasteiger partial charge on any atom is -0.479 e. The summed E-state index contributed by atoms with van der Waals surface area (Å²) in [5, 5.41) is 12.0. The van der Waals surface area contributed by atoms with Crippen LogP contribution in [-0.2, 0) is 14.4 Å². The number of oxime groups is 1. The molecule has 5 nitrogen and oxygen atoms in total. The molecule has 2 bridgehead atoms. The Hall–Kier alpha value is -1.65. The van der Waals surface area contributed by atoms with Gasteiger partial charge in [0.25, 0.3) is 0 Å². The van der Waals surface area contributed by atoms with Gasteiger partial charge in [0.1, 0.15) is 0 Å². The molecule has 5 heteroatoms. The second-order valence-corrected chi connectivity index (χ2v) is 5.11. The molecular formula is C12H15NO4. The van der Waals surface area contributed by atoms with Crippen molar-refractivity contribution in [3.63, 3.8) is 0 Å². The Labute approximate surface area is 99.1 Å². The van der Waals surface area contributed by atoms with E-state index in [1.165, 1.54) is 6.21 Å². The van der Waals surface area contributed by atoms with Crippen molar-refractivity contribution in [3.8, 4) is 0 Å². The van der Waals surface area contributed by atoms with Crippen molar-refractivity contribution in [2.45, 2.75) is 20.3 Å². The molecule has 0 spiro atoms. The lowest BCUT2D eigenvalue weighted by atomic mass is 9.48. The van der Waals surface area contributed by atoms with Gasteiger partial charge in [-0.15, -0.1) is 0 Å². The number of carbonyl (C=O) groups excluding carboxylic acids is 1. The molecule has 0 unspecified atom stereocenters. The summed E-state index contributed by atoms with van der Waals surface area (Å²) in [6.07, 6.45) is 3.92. The first-order valence-electron chi connectivity index (χ1n) is 5.55. The Morgan fingerprint density at radius 3 is 2.88 bits per heavy atom. The molecule has 3 aliphatic rings. The van der Waals surface area contributed by atoms with Gasteiger partial charge >= 0.3 is 5.97 Å². The smallest absolute Gasteiger partial charge is 0.344 e. The summed E-state index contributed by atoms with van der Waals surface area (Å²) in [5.74, 6) is -0.482. The van der Waals surface area contributed by atoms with Gasteiger partial charge in [0.2, 0.25) is 6.61 Å². The van der Waals surface area contributed by atoms with E-state index in [0.717, 1.165) is 12.0 Å². The lowest BCUT2D eigenvalue weighted by Crippen LogP contribution is -2.52. The SMILES string of the molecule is CC1(C)[C@@H]2C[C@H]1C(/C=N/OCC(=O)O)=CC2=O. The van der Waals surface area contributed by atoms with Gasteiger partial charge in [0, 0.05) is 5.92 Å². The van der Waals surface area contributed by atoms with E-state index in [0.29, 0.717) is 5.92 Å². The second-order valence-electron chi connectivity index (χ2n) is 5.11. The summed E-state index contributed by atoms with van der Waals surface area (Å²) >= 11 is 0. The number of carbonyl (C=O) groups is 2. The molecule has 0 aromatic rings. The van der Waals surface area contributed by atoms with Gasteiger partial charge in [-0.1, -0.05) is 19.0 Å². The van der Waals surface area contributed by atoms with Crippen molar-refractivity contribution in [3.05, 3.63) is 11.6 Å². The van der Waals surface area contributed by atoms with Gasteiger partial charge in [-0.2, -0.15) is 0 Å². The van der Waals surface area contributed by atoms with Crippen molar-refractivity contribution in [1.82, 2.24) is 0 Å². The zero-order chi connectivity index (χ0) is 12.6. The Kier molecular flexibility index (Phi) is 2.77. The van der Waals surface area contributed by atoms with E-state index in [4.69, 9.17) is 5.11 Å². The standard InChI is InChI=1S/C12H15NO4/c1-12(2)8-4-9(12)10(14)3-7(8)5-13-17-6-11(15)16/h3,5,8-9H,4,6H2,1-2H3,(H,15,16)/b13-5+/t8-,9+/m0/s1. The quantitative estimate of drug-likeness (QED) is 0.589. The van der Waals surface area contributed by atoms with Crippen LogP contribution < -0.4 is 0 Å². The van der Waals surface area contributed by atoms with Crippen LogP contribution in [0.4, 0.5) is 0 Å². The Morgan fingerprint density at radius 1 is 1.65 bits per heavy atom. The van der Waals surface area contributed by atoms with Crippen LogP contribution in [0.1, 0.15) is 20.3 Å². The van der Waals surface area contributed by atoms with Crippen molar-refractivity contribution in [2.24, 2.45) is 22.4 Å². The number of ketones is 1. The van der Waals surface area contributed by atoms with E-state index in [-0.39, 0.29) is 17.1 Å². The highest BCUT2D eigenvalue weighted by molar-refractivity contribution is 6.01. The predicted octanol–water partition coefficient (Wildman–Crippen LogP) is 1.24. The van der Waals surface area contributed by atoms with Crippen LogP contribution >= 0.6 is 0 Å². The van der Waals surface area contributed by atoms with Gasteiger partial charge in [-0.3, -0.25) is 4.79 Å². The fourth-order valence-electron chi connectivity index (χ4n) is 2.66. The molecule has 92 valence electrons. The third-order valence-corrected chi connectivity index (χ3v) is 3.79. The predicted molar refractivity (Wildman–Crippen MR) is 60.5 cm³/mol. The maximum atomic E-state index is 11.7. The Balaban J connectivity index is 2.02. The highest BCUT2D eigenvalue weighted by Gasteiger charge is 2.54. The number of fused-ring (bicyclic) bond motifs is 1. The van der Waals surface area contributed by atoms with Gasteiger partial charge in [0.05, 0.1) is 6.21 Å². The van der Waals surface area contributed by atoms with Crippen molar-refractivity contribution >= 4 is 18.0 Å². The number of carboxylic acid groups (broad SMARTS) is 1. The van der Waals surface area contributed by atoms with E-state index >= 15 is 0 Å². The molecule has 1 saturated carbocycles. The van der Waals surface area contributed by atoms with Crippen LogP contribution in [0.3, 0.4) is 0 Å². The lowest BCUT2D eigenvalue weighted by Gasteiger charge is -2.54. The first-order chi connectivity index (χ1) is 7.93. The molecule has 3 aliphatic carbocycles. The van der Waals surface area contributed by atoms with Gasteiger partial charge < -0.3 is 9.94 Å². The van der Waals surface area contributed by atoms with Crippen LogP contribution in [0.5, 0.6) is 0 Å². The number of hydrogen-bond acceptors (Lipinski definition) is 4. The molecule has 0 heterocycles. The van der Waals surface area contributed by atoms with Crippen LogP contribution in [0.15, 0.2) is 16.8 Å². The van der Waals surface area contributed by atoms with E-state index < -0.39 is 12.6 Å². The van der Waals surface area contributed by atoms with Crippen molar-refractivity contribution < 1.29 is 19.5 Å². The molecule has 3 rings (SSSR count). The number of rotatable bonds is 4. The third-order valence-electron chi connectivity index (χ3n) is 3.79. The minimum atomic E-state index is -1.07. The van der Waals surface area contributed by atoms with Crippen LogP contribution in [0.25, 0.3) is 0 Å². The average Bonchev–Trinajstić information content (AvgIpc) is 2.22. The second kappa shape index (κ2) is 3.98. The lowest BCUT2D eigenvalue weighted by molar-refractivity contribution is -0.142. The Bertz CT molecular complexity index is 422. The summed E-state index contributed by atoms with van der Waals surface area (Å²) in [7, 11) is 0. The fourth-order valence-corrected chi connectivity index (χ4v) is 2.66. The number of allylic oxidation sites excluding steroid dienone is 2. The van der Waals surface area contributed by atoms with E-state index in [1.807, 2.05) is 0 Å². The summed E-state index contributed by atoms with van der Waals surface area (Å²) in [5.41, 5.74) is 0.827. The number of hydrogen-bond donors (Lipinski definition) is 1. The zero-order valence-electron chi connectivity index (χ0n) is 9.84. The largest absolute Gasteiger partial charge is 0.479 e. The van der Waals surface area contributed by atoms with Crippen LogP contribution in [0, 0.1) is 17.3 Å². The molecule has 17 heavy (non-hydrogen) atoms. The first kappa shape index (κ1) is 11.8. The topological polar surface area (TPSA) is 76.0 Å². The average molecular weight is 237 g/mol. The molecule has 2 atom stereocenters. The summed E-state index contributed by atoms with van der Waals surface area (Å²) < 4.78 is 0. The number of aliphatic carboxylic acids is 1. The zero-order valence-corrected chi connectivity index (χ0v) is 9.84. The molecule has 0 aromatic carbocycles. The van der Waals surface area contributed by atoms with E-state index in [9.17, 15) is 9.59 Å². The van der Waals surface area contributed by atoms with Gasteiger partial charge in [0.15, 0.2) is 5.78 Å². The molecule has 0 radical (unpaired) electrons. The minimum absolute atomic E-state index is 0.0139. The Morgan fingerprint density at radius 2 is 2.35 bits per heavy atom. The maximum Gasteiger partial charge on any atom is 0.344 e. The fraction of sp³-hybridized carbons (Fsp3) is 0.583. The highest BCUT2D eigenvalue weighted by Crippen LogP contribution is 2.57. The number of carboxylic acids is 1. The van der Waals surface area contributed by atoms with Crippen molar-refractivity contribution in [1.29, 1.82) is 0 Å². The summed E-state index contributed by atoms with van der Waals surface area (Å²) in [6, 6.07) is 0. The molecule has 1 N–H and O–H groups in total. The monoisotopic (exact) mass is 237 g/mol. The third kappa shape index (κ3) is 1.97. The molecule has 0 saturated heterocycles. The highest BCUT2D eigenvalue weighted by atomic mass is 16.6. The molecule has 1 fully saturated rings. The molecule has 0 amide bonds. The van der Waals surface area contributed by atoms with Crippen molar-refractivity contribution in [2.75, 3.05) is 6.61 Å². The maximum absolute atomic E-state index is 11.7. The number of nitrogens with zero attached hydrogens (tertiary/aromatic N) is 1. The van der Waals surface area contributed by atoms with E-state index in [1.54, 1.807) is 6.08 Å². The normalized spacial score (nSPS) is 29.8. The van der Waals surface area contributed by atoms with Gasteiger partial charge in [-0.25, -0.2) is 4.79 Å². The van der Waals surface area contributed by atoms with Crippen LogP contribution in [0.2, 0.25) is 0 Å². The molecular weight excluding hydrogens is 222 g/mol.